The normalized spacial score (nSPS) is 11.1. The fraction of sp³-hybridized carbons (Fsp3) is 0.103. The van der Waals surface area contributed by atoms with Gasteiger partial charge in [0.25, 0.3) is 5.91 Å². The molecule has 0 saturated carbocycles. The fourth-order valence-corrected chi connectivity index (χ4v) is 4.25. The lowest BCUT2D eigenvalue weighted by Crippen LogP contribution is -2.13. The molecular weight excluding hydrogens is 523 g/mol. The molecule has 0 aliphatic rings. The topological polar surface area (TPSA) is 71.3 Å². The van der Waals surface area contributed by atoms with Crippen LogP contribution in [0.3, 0.4) is 0 Å². The lowest BCUT2D eigenvalue weighted by atomic mass is 10.1. The Hall–Kier alpha value is -4.15. The Bertz CT molecular complexity index is 1490. The molecule has 0 aliphatic heterocycles. The number of halogens is 2. The van der Waals surface area contributed by atoms with Crippen LogP contribution < -0.4 is 14.8 Å². The number of nitrogens with zero attached hydrogens (tertiary/aromatic N) is 1. The van der Waals surface area contributed by atoms with Gasteiger partial charge in [-0.2, -0.15) is 5.26 Å². The number of carbonyl (C=O) groups excluding carboxylic acids is 1. The van der Waals surface area contributed by atoms with Crippen LogP contribution in [0, 0.1) is 17.1 Å². The number of amides is 1. The lowest BCUT2D eigenvalue weighted by Gasteiger charge is -2.15. The van der Waals surface area contributed by atoms with Gasteiger partial charge in [-0.1, -0.05) is 54.6 Å². The van der Waals surface area contributed by atoms with Crippen LogP contribution in [0.15, 0.2) is 88.9 Å². The van der Waals surface area contributed by atoms with Gasteiger partial charge in [-0.05, 0) is 64.1 Å². The second kappa shape index (κ2) is 11.5. The van der Waals surface area contributed by atoms with Gasteiger partial charge in [0.05, 0.1) is 11.1 Å². The highest BCUT2D eigenvalue weighted by Crippen LogP contribution is 2.38. The van der Waals surface area contributed by atoms with Gasteiger partial charge in [0.1, 0.15) is 24.1 Å². The highest BCUT2D eigenvalue weighted by molar-refractivity contribution is 9.10. The number of nitrogens with one attached hydrogen (secondary N) is 1. The lowest BCUT2D eigenvalue weighted by molar-refractivity contribution is -0.112. The van der Waals surface area contributed by atoms with E-state index in [1.54, 1.807) is 36.4 Å². The van der Waals surface area contributed by atoms with Crippen molar-refractivity contribution in [2.45, 2.75) is 13.5 Å². The molecule has 4 aromatic carbocycles. The van der Waals surface area contributed by atoms with Crippen LogP contribution in [0.4, 0.5) is 10.1 Å². The highest BCUT2D eigenvalue weighted by Gasteiger charge is 2.16. The minimum Gasteiger partial charge on any atom is -0.490 e. The summed E-state index contributed by atoms with van der Waals surface area (Å²) in [4.78, 5) is 12.9. The van der Waals surface area contributed by atoms with Crippen molar-refractivity contribution in [3.05, 3.63) is 106 Å². The van der Waals surface area contributed by atoms with E-state index in [1.807, 2.05) is 49.4 Å². The minimum atomic E-state index is -0.525. The highest BCUT2D eigenvalue weighted by atomic mass is 79.9. The zero-order chi connectivity index (χ0) is 25.5. The van der Waals surface area contributed by atoms with Crippen LogP contribution in [0.1, 0.15) is 18.1 Å². The first kappa shape index (κ1) is 25.0. The number of rotatable bonds is 8. The first-order valence-corrected chi connectivity index (χ1v) is 12.0. The summed E-state index contributed by atoms with van der Waals surface area (Å²) < 4.78 is 26.2. The summed E-state index contributed by atoms with van der Waals surface area (Å²) in [5.74, 6) is -0.0815. The molecule has 0 unspecified atom stereocenters. The van der Waals surface area contributed by atoms with E-state index in [1.165, 1.54) is 12.1 Å². The standard InChI is InChI=1S/C29H22BrFN2O3/c1-2-35-27-16-19(15-24(30)28(27)36-18-21-9-4-6-12-25(21)31)14-22(17-32)29(34)33-26-13-7-10-20-8-3-5-11-23(20)26/h3-16H,2,18H2,1H3,(H,33,34)/b22-14+. The Morgan fingerprint density at radius 2 is 1.81 bits per heavy atom. The zero-order valence-electron chi connectivity index (χ0n) is 19.4. The maximum absolute atomic E-state index is 14.0. The number of ether oxygens (including phenoxy) is 2. The van der Waals surface area contributed by atoms with Crippen molar-refractivity contribution in [2.75, 3.05) is 11.9 Å². The van der Waals surface area contributed by atoms with E-state index in [-0.39, 0.29) is 18.0 Å². The number of fused-ring (bicyclic) bond motifs is 1. The molecule has 0 heterocycles. The molecule has 180 valence electrons. The van der Waals surface area contributed by atoms with Gasteiger partial charge in [-0.25, -0.2) is 4.39 Å². The van der Waals surface area contributed by atoms with Crippen molar-refractivity contribution in [3.63, 3.8) is 0 Å². The van der Waals surface area contributed by atoms with Crippen molar-refractivity contribution >= 4 is 44.4 Å². The van der Waals surface area contributed by atoms with E-state index < -0.39 is 5.91 Å². The number of benzene rings is 4. The summed E-state index contributed by atoms with van der Waals surface area (Å²) in [6, 6.07) is 25.0. The van der Waals surface area contributed by atoms with Gasteiger partial charge in [0.2, 0.25) is 0 Å². The van der Waals surface area contributed by atoms with Gasteiger partial charge in [-0.15, -0.1) is 0 Å². The molecule has 0 spiro atoms. The molecule has 0 saturated heterocycles. The molecule has 0 fully saturated rings. The molecule has 36 heavy (non-hydrogen) atoms. The van der Waals surface area contributed by atoms with Gasteiger partial charge in [0.15, 0.2) is 11.5 Å². The van der Waals surface area contributed by atoms with E-state index >= 15 is 0 Å². The van der Waals surface area contributed by atoms with Crippen molar-refractivity contribution in [1.82, 2.24) is 0 Å². The van der Waals surface area contributed by atoms with E-state index in [2.05, 4.69) is 21.2 Å². The Balaban J connectivity index is 1.60. The Labute approximate surface area is 216 Å². The first-order valence-electron chi connectivity index (χ1n) is 11.2. The van der Waals surface area contributed by atoms with Crippen molar-refractivity contribution in [3.8, 4) is 17.6 Å². The third-order valence-corrected chi connectivity index (χ3v) is 5.96. The molecule has 0 aromatic heterocycles. The van der Waals surface area contributed by atoms with Crippen LogP contribution >= 0.6 is 15.9 Å². The molecule has 4 rings (SSSR count). The summed E-state index contributed by atoms with van der Waals surface area (Å²) in [7, 11) is 0. The van der Waals surface area contributed by atoms with Crippen LogP contribution in [-0.4, -0.2) is 12.5 Å². The predicted molar refractivity (Wildman–Crippen MR) is 142 cm³/mol. The van der Waals surface area contributed by atoms with Crippen LogP contribution in [-0.2, 0) is 11.4 Å². The number of hydrogen-bond donors (Lipinski definition) is 1. The van der Waals surface area contributed by atoms with E-state index in [0.29, 0.717) is 39.4 Å². The Morgan fingerprint density at radius 1 is 1.06 bits per heavy atom. The SMILES string of the molecule is CCOc1cc(/C=C(\C#N)C(=O)Nc2cccc3ccccc23)cc(Br)c1OCc1ccccc1F. The molecule has 4 aromatic rings. The monoisotopic (exact) mass is 544 g/mol. The number of carbonyl (C=O) groups is 1. The second-order valence-corrected chi connectivity index (χ2v) is 8.65. The molecule has 0 bridgehead atoms. The summed E-state index contributed by atoms with van der Waals surface area (Å²) in [6.07, 6.45) is 1.48. The molecule has 0 aliphatic carbocycles. The molecule has 7 heteroatoms. The predicted octanol–water partition coefficient (Wildman–Crippen LogP) is 7.26. The molecular formula is C29H22BrFN2O3. The third kappa shape index (κ3) is 5.73. The third-order valence-electron chi connectivity index (χ3n) is 5.38. The van der Waals surface area contributed by atoms with Gasteiger partial charge in [0, 0.05) is 16.6 Å². The maximum atomic E-state index is 14.0. The molecule has 1 N–H and O–H groups in total. The van der Waals surface area contributed by atoms with E-state index in [0.717, 1.165) is 10.8 Å². The molecule has 0 atom stereocenters. The average molecular weight is 545 g/mol. The zero-order valence-corrected chi connectivity index (χ0v) is 21.0. The average Bonchev–Trinajstić information content (AvgIpc) is 2.88. The maximum Gasteiger partial charge on any atom is 0.266 e. The Kier molecular flexibility index (Phi) is 7.99. The largest absolute Gasteiger partial charge is 0.490 e. The van der Waals surface area contributed by atoms with Gasteiger partial charge in [-0.3, -0.25) is 4.79 Å². The Morgan fingerprint density at radius 3 is 2.58 bits per heavy atom. The summed E-state index contributed by atoms with van der Waals surface area (Å²) in [5.41, 5.74) is 1.52. The summed E-state index contributed by atoms with van der Waals surface area (Å²) in [5, 5.41) is 14.4. The molecule has 5 nitrogen and oxygen atoms in total. The van der Waals surface area contributed by atoms with Crippen LogP contribution in [0.2, 0.25) is 0 Å². The fourth-order valence-electron chi connectivity index (χ4n) is 3.68. The number of nitriles is 1. The molecule has 0 radical (unpaired) electrons. The smallest absolute Gasteiger partial charge is 0.266 e. The minimum absolute atomic E-state index is 0.0113. The van der Waals surface area contributed by atoms with Crippen LogP contribution in [0.25, 0.3) is 16.8 Å². The summed E-state index contributed by atoms with van der Waals surface area (Å²) in [6.45, 7) is 2.20. The van der Waals surface area contributed by atoms with Gasteiger partial charge < -0.3 is 14.8 Å². The van der Waals surface area contributed by atoms with Crippen molar-refractivity contribution < 1.29 is 18.7 Å². The first-order chi connectivity index (χ1) is 17.5. The van der Waals surface area contributed by atoms with E-state index in [4.69, 9.17) is 9.47 Å². The number of anilines is 1. The number of hydrogen-bond acceptors (Lipinski definition) is 4. The van der Waals surface area contributed by atoms with Crippen LogP contribution in [0.5, 0.6) is 11.5 Å². The second-order valence-electron chi connectivity index (χ2n) is 7.79. The van der Waals surface area contributed by atoms with Crippen molar-refractivity contribution in [2.24, 2.45) is 0 Å². The van der Waals surface area contributed by atoms with Crippen molar-refractivity contribution in [1.29, 1.82) is 5.26 Å². The summed E-state index contributed by atoms with van der Waals surface area (Å²) >= 11 is 3.48. The van der Waals surface area contributed by atoms with Gasteiger partial charge >= 0.3 is 0 Å². The van der Waals surface area contributed by atoms with E-state index in [9.17, 15) is 14.4 Å². The quantitative estimate of drug-likeness (QED) is 0.187. The molecule has 1 amide bonds.